The first-order chi connectivity index (χ1) is 6.72. The Morgan fingerprint density at radius 3 is 2.50 bits per heavy atom. The fourth-order valence-corrected chi connectivity index (χ4v) is 1.90. The van der Waals surface area contributed by atoms with E-state index in [-0.39, 0.29) is 0 Å². The standard InChI is InChI=1S/C11H24N2O/c1-10(2)9-12-11-3-5-13(6-4-11)7-8-14/h10-12,14H,3-9H2,1-2H3. The zero-order chi connectivity index (χ0) is 10.4. The molecule has 1 aliphatic rings. The van der Waals surface area contributed by atoms with Crippen molar-refractivity contribution in [2.45, 2.75) is 32.7 Å². The summed E-state index contributed by atoms with van der Waals surface area (Å²) in [5.74, 6) is 0.741. The zero-order valence-electron chi connectivity index (χ0n) is 9.50. The van der Waals surface area contributed by atoms with Crippen LogP contribution in [-0.4, -0.2) is 48.8 Å². The van der Waals surface area contributed by atoms with Crippen LogP contribution in [0.1, 0.15) is 26.7 Å². The summed E-state index contributed by atoms with van der Waals surface area (Å²) in [5, 5.41) is 12.4. The molecular weight excluding hydrogens is 176 g/mol. The number of hydrogen-bond acceptors (Lipinski definition) is 3. The fourth-order valence-electron chi connectivity index (χ4n) is 1.90. The van der Waals surface area contributed by atoms with E-state index in [2.05, 4.69) is 24.1 Å². The number of aliphatic hydroxyl groups is 1. The molecule has 0 atom stereocenters. The maximum atomic E-state index is 8.80. The summed E-state index contributed by atoms with van der Waals surface area (Å²) < 4.78 is 0. The topological polar surface area (TPSA) is 35.5 Å². The van der Waals surface area contributed by atoms with Gasteiger partial charge in [-0.3, -0.25) is 0 Å². The molecule has 3 nitrogen and oxygen atoms in total. The Balaban J connectivity index is 2.09. The first-order valence-electron chi connectivity index (χ1n) is 5.79. The van der Waals surface area contributed by atoms with Crippen molar-refractivity contribution in [1.82, 2.24) is 10.2 Å². The molecule has 1 fully saturated rings. The number of nitrogens with one attached hydrogen (secondary N) is 1. The highest BCUT2D eigenvalue weighted by atomic mass is 16.3. The number of nitrogens with zero attached hydrogens (tertiary/aromatic N) is 1. The molecular formula is C11H24N2O. The van der Waals surface area contributed by atoms with Crippen molar-refractivity contribution in [3.05, 3.63) is 0 Å². The third-order valence-corrected chi connectivity index (χ3v) is 2.82. The second-order valence-electron chi connectivity index (χ2n) is 4.64. The van der Waals surface area contributed by atoms with Crippen LogP contribution in [0, 0.1) is 5.92 Å². The van der Waals surface area contributed by atoms with E-state index in [1.165, 1.54) is 12.8 Å². The lowest BCUT2D eigenvalue weighted by Crippen LogP contribution is -2.44. The molecule has 0 radical (unpaired) electrons. The quantitative estimate of drug-likeness (QED) is 0.685. The van der Waals surface area contributed by atoms with E-state index in [1.807, 2.05) is 0 Å². The van der Waals surface area contributed by atoms with Gasteiger partial charge < -0.3 is 15.3 Å². The predicted molar refractivity (Wildman–Crippen MR) is 59.4 cm³/mol. The second kappa shape index (κ2) is 6.38. The molecule has 0 spiro atoms. The van der Waals surface area contributed by atoms with Crippen molar-refractivity contribution in [2.75, 3.05) is 32.8 Å². The van der Waals surface area contributed by atoms with Crippen LogP contribution in [0.4, 0.5) is 0 Å². The maximum Gasteiger partial charge on any atom is 0.0558 e. The maximum absolute atomic E-state index is 8.80. The Morgan fingerprint density at radius 1 is 1.36 bits per heavy atom. The molecule has 84 valence electrons. The van der Waals surface area contributed by atoms with Crippen LogP contribution in [0.3, 0.4) is 0 Å². The second-order valence-corrected chi connectivity index (χ2v) is 4.64. The summed E-state index contributed by atoms with van der Waals surface area (Å²) in [6, 6.07) is 0.701. The molecule has 0 unspecified atom stereocenters. The summed E-state index contributed by atoms with van der Waals surface area (Å²) in [7, 11) is 0. The van der Waals surface area contributed by atoms with Gasteiger partial charge in [0.15, 0.2) is 0 Å². The Hall–Kier alpha value is -0.120. The zero-order valence-corrected chi connectivity index (χ0v) is 9.50. The van der Waals surface area contributed by atoms with Crippen molar-refractivity contribution in [3.8, 4) is 0 Å². The smallest absolute Gasteiger partial charge is 0.0558 e. The van der Waals surface area contributed by atoms with Gasteiger partial charge in [-0.05, 0) is 38.4 Å². The van der Waals surface area contributed by atoms with Crippen LogP contribution in [-0.2, 0) is 0 Å². The molecule has 1 rings (SSSR count). The molecule has 0 aromatic carbocycles. The average Bonchev–Trinajstić information content (AvgIpc) is 2.17. The predicted octanol–water partition coefficient (Wildman–Crippen LogP) is 0.689. The summed E-state index contributed by atoms with van der Waals surface area (Å²) in [4.78, 5) is 2.34. The van der Waals surface area contributed by atoms with Gasteiger partial charge in [-0.15, -0.1) is 0 Å². The summed E-state index contributed by atoms with van der Waals surface area (Å²) in [5.41, 5.74) is 0. The van der Waals surface area contributed by atoms with Crippen molar-refractivity contribution < 1.29 is 5.11 Å². The van der Waals surface area contributed by atoms with Gasteiger partial charge in [0.2, 0.25) is 0 Å². The highest BCUT2D eigenvalue weighted by molar-refractivity contribution is 4.77. The van der Waals surface area contributed by atoms with E-state index in [4.69, 9.17) is 5.11 Å². The van der Waals surface area contributed by atoms with Crippen LogP contribution in [0.25, 0.3) is 0 Å². The Bertz CT molecular complexity index is 142. The van der Waals surface area contributed by atoms with Gasteiger partial charge in [0, 0.05) is 12.6 Å². The molecule has 0 aromatic rings. The molecule has 0 saturated carbocycles. The normalized spacial score (nSPS) is 20.6. The van der Waals surface area contributed by atoms with E-state index in [0.717, 1.165) is 32.1 Å². The van der Waals surface area contributed by atoms with E-state index < -0.39 is 0 Å². The van der Waals surface area contributed by atoms with Crippen molar-refractivity contribution in [2.24, 2.45) is 5.92 Å². The number of rotatable bonds is 5. The highest BCUT2D eigenvalue weighted by Crippen LogP contribution is 2.09. The summed E-state index contributed by atoms with van der Waals surface area (Å²) >= 11 is 0. The number of piperidine rings is 1. The van der Waals surface area contributed by atoms with Gasteiger partial charge in [-0.1, -0.05) is 13.8 Å². The Morgan fingerprint density at radius 2 is 2.00 bits per heavy atom. The number of aliphatic hydroxyl groups excluding tert-OH is 1. The van der Waals surface area contributed by atoms with Crippen LogP contribution in [0.5, 0.6) is 0 Å². The van der Waals surface area contributed by atoms with E-state index >= 15 is 0 Å². The van der Waals surface area contributed by atoms with Gasteiger partial charge in [0.1, 0.15) is 0 Å². The molecule has 0 amide bonds. The molecule has 1 saturated heterocycles. The van der Waals surface area contributed by atoms with Gasteiger partial charge in [-0.2, -0.15) is 0 Å². The van der Waals surface area contributed by atoms with Crippen LogP contribution >= 0.6 is 0 Å². The largest absolute Gasteiger partial charge is 0.395 e. The van der Waals surface area contributed by atoms with E-state index in [1.54, 1.807) is 0 Å². The third-order valence-electron chi connectivity index (χ3n) is 2.82. The Labute approximate surface area is 87.5 Å². The van der Waals surface area contributed by atoms with Crippen molar-refractivity contribution >= 4 is 0 Å². The summed E-state index contributed by atoms with van der Waals surface area (Å²) in [6.07, 6.45) is 2.46. The first kappa shape index (κ1) is 12.0. The highest BCUT2D eigenvalue weighted by Gasteiger charge is 2.17. The molecule has 14 heavy (non-hydrogen) atoms. The molecule has 2 N–H and O–H groups in total. The monoisotopic (exact) mass is 200 g/mol. The van der Waals surface area contributed by atoms with Gasteiger partial charge in [0.25, 0.3) is 0 Å². The van der Waals surface area contributed by atoms with E-state index in [9.17, 15) is 0 Å². The molecule has 0 aliphatic carbocycles. The van der Waals surface area contributed by atoms with Gasteiger partial charge >= 0.3 is 0 Å². The minimum Gasteiger partial charge on any atom is -0.395 e. The lowest BCUT2D eigenvalue weighted by molar-refractivity contribution is 0.156. The lowest BCUT2D eigenvalue weighted by atomic mass is 10.0. The lowest BCUT2D eigenvalue weighted by Gasteiger charge is -2.32. The van der Waals surface area contributed by atoms with Crippen LogP contribution < -0.4 is 5.32 Å². The number of likely N-dealkylation sites (tertiary alicyclic amines) is 1. The number of hydrogen-bond donors (Lipinski definition) is 2. The molecule has 1 aliphatic heterocycles. The third kappa shape index (κ3) is 4.40. The minimum absolute atomic E-state index is 0.296. The molecule has 0 aromatic heterocycles. The van der Waals surface area contributed by atoms with Gasteiger partial charge in [-0.25, -0.2) is 0 Å². The SMILES string of the molecule is CC(C)CNC1CCN(CCO)CC1. The first-order valence-corrected chi connectivity index (χ1v) is 5.79. The average molecular weight is 200 g/mol. The van der Waals surface area contributed by atoms with Crippen molar-refractivity contribution in [1.29, 1.82) is 0 Å². The fraction of sp³-hybridized carbons (Fsp3) is 1.00. The van der Waals surface area contributed by atoms with Crippen LogP contribution in [0.2, 0.25) is 0 Å². The number of β-amino-alcohol motifs (C(OH)–C–C–N with tert-alkyl or cyclic N) is 1. The Kier molecular flexibility index (Phi) is 5.45. The summed E-state index contributed by atoms with van der Waals surface area (Å²) in [6.45, 7) is 9.03. The molecule has 0 bridgehead atoms. The van der Waals surface area contributed by atoms with Crippen LogP contribution in [0.15, 0.2) is 0 Å². The van der Waals surface area contributed by atoms with Crippen molar-refractivity contribution in [3.63, 3.8) is 0 Å². The molecule has 3 heteroatoms. The minimum atomic E-state index is 0.296. The molecule has 1 heterocycles. The van der Waals surface area contributed by atoms with E-state index in [0.29, 0.717) is 12.6 Å². The van der Waals surface area contributed by atoms with Gasteiger partial charge in [0.05, 0.1) is 6.61 Å².